The Morgan fingerprint density at radius 2 is 2.00 bits per heavy atom. The molecule has 20 heavy (non-hydrogen) atoms. The monoisotopic (exact) mass is 307 g/mol. The molecule has 5 nitrogen and oxygen atoms in total. The zero-order chi connectivity index (χ0) is 14.6. The Hall–Kier alpha value is -2.10. The first kappa shape index (κ1) is 14.3. The molecule has 0 aliphatic carbocycles. The Morgan fingerprint density at radius 3 is 2.70 bits per heavy atom. The fraction of sp³-hybridized carbons (Fsp3) is 0.0769. The number of sulfonamides is 1. The summed E-state index contributed by atoms with van der Waals surface area (Å²) in [7, 11) is -3.61. The number of benzene rings is 1. The van der Waals surface area contributed by atoms with Crippen LogP contribution >= 0.6 is 11.6 Å². The number of pyridine rings is 1. The zero-order valence-electron chi connectivity index (χ0n) is 10.2. The number of nitrogens with zero attached hydrogens (tertiary/aromatic N) is 2. The molecule has 1 aromatic heterocycles. The lowest BCUT2D eigenvalue weighted by atomic mass is 10.2. The van der Waals surface area contributed by atoms with E-state index in [2.05, 4.69) is 9.71 Å². The molecule has 1 heterocycles. The van der Waals surface area contributed by atoms with Crippen LogP contribution in [-0.4, -0.2) is 13.4 Å². The Balaban J connectivity index is 2.17. The molecule has 0 amide bonds. The standard InChI is InChI=1S/C13H10ClN3O2S/c14-12-5-2-6-13(16-12)17-20(18,19)9-11-4-1-3-10(7-11)8-15/h1-7H,9H2,(H,16,17). The minimum Gasteiger partial charge on any atom is -0.267 e. The number of aromatic nitrogens is 1. The van der Waals surface area contributed by atoms with Crippen molar-refractivity contribution in [1.82, 2.24) is 4.98 Å². The normalized spacial score (nSPS) is 10.8. The molecule has 0 aliphatic heterocycles. The molecule has 0 bridgehead atoms. The number of nitrogens with one attached hydrogen (secondary N) is 1. The third-order valence-electron chi connectivity index (χ3n) is 2.39. The van der Waals surface area contributed by atoms with Crippen molar-refractivity contribution in [3.05, 3.63) is 58.7 Å². The van der Waals surface area contributed by atoms with E-state index in [1.165, 1.54) is 12.1 Å². The van der Waals surface area contributed by atoms with E-state index in [-0.39, 0.29) is 16.7 Å². The summed E-state index contributed by atoms with van der Waals surface area (Å²) in [4.78, 5) is 3.86. The van der Waals surface area contributed by atoms with Crippen LogP contribution < -0.4 is 4.72 Å². The molecule has 2 rings (SSSR count). The number of hydrogen-bond acceptors (Lipinski definition) is 4. The molecule has 1 aromatic carbocycles. The molecule has 0 spiro atoms. The topological polar surface area (TPSA) is 82.8 Å². The Morgan fingerprint density at radius 1 is 1.25 bits per heavy atom. The predicted octanol–water partition coefficient (Wildman–Crippen LogP) is 2.55. The van der Waals surface area contributed by atoms with Crippen LogP contribution in [0, 0.1) is 11.3 Å². The van der Waals surface area contributed by atoms with Crippen molar-refractivity contribution in [3.63, 3.8) is 0 Å². The van der Waals surface area contributed by atoms with E-state index < -0.39 is 10.0 Å². The van der Waals surface area contributed by atoms with Crippen molar-refractivity contribution in [2.24, 2.45) is 0 Å². The van der Waals surface area contributed by atoms with E-state index in [9.17, 15) is 8.42 Å². The molecule has 2 aromatic rings. The van der Waals surface area contributed by atoms with Gasteiger partial charge in [0, 0.05) is 0 Å². The molecule has 0 unspecified atom stereocenters. The van der Waals surface area contributed by atoms with Crippen molar-refractivity contribution in [2.45, 2.75) is 5.75 Å². The fourth-order valence-electron chi connectivity index (χ4n) is 1.61. The quantitative estimate of drug-likeness (QED) is 0.880. The van der Waals surface area contributed by atoms with E-state index in [4.69, 9.17) is 16.9 Å². The lowest BCUT2D eigenvalue weighted by Gasteiger charge is -2.07. The number of nitriles is 1. The highest BCUT2D eigenvalue weighted by molar-refractivity contribution is 7.91. The average molecular weight is 308 g/mol. The van der Waals surface area contributed by atoms with Crippen LogP contribution in [0.4, 0.5) is 5.82 Å². The molecular formula is C13H10ClN3O2S. The van der Waals surface area contributed by atoms with Crippen LogP contribution in [0.2, 0.25) is 5.15 Å². The van der Waals surface area contributed by atoms with Crippen molar-refractivity contribution in [2.75, 3.05) is 4.72 Å². The first-order chi connectivity index (χ1) is 9.48. The molecule has 0 radical (unpaired) electrons. The maximum atomic E-state index is 12.0. The SMILES string of the molecule is N#Cc1cccc(CS(=O)(=O)Nc2cccc(Cl)n2)c1. The molecule has 0 saturated heterocycles. The molecule has 7 heteroatoms. The maximum absolute atomic E-state index is 12.0. The van der Waals surface area contributed by atoms with Gasteiger partial charge in [-0.05, 0) is 29.8 Å². The van der Waals surface area contributed by atoms with E-state index in [0.717, 1.165) is 0 Å². The third-order valence-corrected chi connectivity index (χ3v) is 3.83. The average Bonchev–Trinajstić information content (AvgIpc) is 2.37. The highest BCUT2D eigenvalue weighted by Gasteiger charge is 2.13. The van der Waals surface area contributed by atoms with Gasteiger partial charge in [0.1, 0.15) is 11.0 Å². The van der Waals surface area contributed by atoms with Crippen LogP contribution in [0.1, 0.15) is 11.1 Å². The molecule has 0 atom stereocenters. The number of rotatable bonds is 4. The van der Waals surface area contributed by atoms with Crippen molar-refractivity contribution < 1.29 is 8.42 Å². The smallest absolute Gasteiger partial charge is 0.238 e. The summed E-state index contributed by atoms with van der Waals surface area (Å²) >= 11 is 5.69. The highest BCUT2D eigenvalue weighted by atomic mass is 35.5. The predicted molar refractivity (Wildman–Crippen MR) is 76.7 cm³/mol. The van der Waals surface area contributed by atoms with E-state index in [1.54, 1.807) is 30.3 Å². The van der Waals surface area contributed by atoms with Gasteiger partial charge in [-0.2, -0.15) is 5.26 Å². The van der Waals surface area contributed by atoms with Crippen molar-refractivity contribution in [1.29, 1.82) is 5.26 Å². The summed E-state index contributed by atoms with van der Waals surface area (Å²) in [6.45, 7) is 0. The van der Waals surface area contributed by atoms with E-state index >= 15 is 0 Å². The van der Waals surface area contributed by atoms with Gasteiger partial charge in [-0.1, -0.05) is 29.8 Å². The molecule has 0 aliphatic rings. The van der Waals surface area contributed by atoms with Gasteiger partial charge in [-0.25, -0.2) is 13.4 Å². The first-order valence-corrected chi connectivity index (χ1v) is 7.64. The van der Waals surface area contributed by atoms with E-state index in [0.29, 0.717) is 11.1 Å². The van der Waals surface area contributed by atoms with E-state index in [1.807, 2.05) is 6.07 Å². The van der Waals surface area contributed by atoms with Crippen LogP contribution in [0.25, 0.3) is 0 Å². The van der Waals surface area contributed by atoms with Crippen molar-refractivity contribution in [3.8, 4) is 6.07 Å². The lowest BCUT2D eigenvalue weighted by Crippen LogP contribution is -2.16. The van der Waals surface area contributed by atoms with Gasteiger partial charge in [0.25, 0.3) is 0 Å². The van der Waals surface area contributed by atoms with Gasteiger partial charge in [-0.3, -0.25) is 4.72 Å². The Bertz CT molecular complexity index is 769. The molecule has 1 N–H and O–H groups in total. The van der Waals surface area contributed by atoms with Gasteiger partial charge in [0.05, 0.1) is 17.4 Å². The van der Waals surface area contributed by atoms with Gasteiger partial charge < -0.3 is 0 Å². The van der Waals surface area contributed by atoms with Crippen molar-refractivity contribution >= 4 is 27.4 Å². The third kappa shape index (κ3) is 3.95. The summed E-state index contributed by atoms with van der Waals surface area (Å²) in [6, 6.07) is 13.1. The second-order valence-corrected chi connectivity index (χ2v) is 6.13. The molecule has 0 saturated carbocycles. The minimum absolute atomic E-state index is 0.161. The summed E-state index contributed by atoms with van der Waals surface area (Å²) in [5.41, 5.74) is 0.942. The minimum atomic E-state index is -3.61. The fourth-order valence-corrected chi connectivity index (χ4v) is 2.90. The molecule has 102 valence electrons. The maximum Gasteiger partial charge on any atom is 0.238 e. The summed E-state index contributed by atoms with van der Waals surface area (Å²) in [5.74, 6) is -0.0783. The second kappa shape index (κ2) is 5.90. The summed E-state index contributed by atoms with van der Waals surface area (Å²) in [6.07, 6.45) is 0. The second-order valence-electron chi connectivity index (χ2n) is 4.02. The lowest BCUT2D eigenvalue weighted by molar-refractivity contribution is 0.600. The number of halogens is 1. The highest BCUT2D eigenvalue weighted by Crippen LogP contribution is 2.14. The largest absolute Gasteiger partial charge is 0.267 e. The molecular weight excluding hydrogens is 298 g/mol. The Kier molecular flexibility index (Phi) is 4.23. The van der Waals surface area contributed by atoms with Gasteiger partial charge in [0.15, 0.2) is 0 Å². The number of hydrogen-bond donors (Lipinski definition) is 1. The number of anilines is 1. The van der Waals surface area contributed by atoms with Crippen LogP contribution in [-0.2, 0) is 15.8 Å². The van der Waals surface area contributed by atoms with Crippen LogP contribution in [0.3, 0.4) is 0 Å². The Labute approximate surface area is 121 Å². The van der Waals surface area contributed by atoms with Gasteiger partial charge in [-0.15, -0.1) is 0 Å². The van der Waals surface area contributed by atoms with Crippen LogP contribution in [0.5, 0.6) is 0 Å². The molecule has 0 fully saturated rings. The first-order valence-electron chi connectivity index (χ1n) is 5.60. The summed E-state index contributed by atoms with van der Waals surface area (Å²) < 4.78 is 26.3. The van der Waals surface area contributed by atoms with Crippen LogP contribution in [0.15, 0.2) is 42.5 Å². The summed E-state index contributed by atoms with van der Waals surface area (Å²) in [5, 5.41) is 8.99. The zero-order valence-corrected chi connectivity index (χ0v) is 11.8. The van der Waals surface area contributed by atoms with Gasteiger partial charge >= 0.3 is 0 Å². The van der Waals surface area contributed by atoms with Gasteiger partial charge in [0.2, 0.25) is 10.0 Å².